The maximum Gasteiger partial charge on any atom is 0.322 e. The van der Waals surface area contributed by atoms with Crippen LogP contribution < -0.4 is 5.32 Å². The van der Waals surface area contributed by atoms with Gasteiger partial charge in [0, 0.05) is 25.7 Å². The van der Waals surface area contributed by atoms with Gasteiger partial charge < -0.3 is 15.1 Å². The van der Waals surface area contributed by atoms with E-state index in [0.29, 0.717) is 36.3 Å². The Balaban J connectivity index is 1.53. The molecular formula is C22H31N3O2. The molecule has 5 rings (SSSR count). The summed E-state index contributed by atoms with van der Waals surface area (Å²) in [5, 5.41) is 3.07. The van der Waals surface area contributed by atoms with Crippen molar-refractivity contribution >= 4 is 17.6 Å². The van der Waals surface area contributed by atoms with Gasteiger partial charge in [-0.3, -0.25) is 4.79 Å². The largest absolute Gasteiger partial charge is 0.339 e. The van der Waals surface area contributed by atoms with Gasteiger partial charge in [-0.1, -0.05) is 12.1 Å². The Morgan fingerprint density at radius 1 is 1.00 bits per heavy atom. The van der Waals surface area contributed by atoms with Crippen molar-refractivity contribution in [2.75, 3.05) is 25.0 Å². The van der Waals surface area contributed by atoms with E-state index in [1.165, 1.54) is 19.3 Å². The first-order valence-corrected chi connectivity index (χ1v) is 10.5. The zero-order chi connectivity index (χ0) is 19.0. The van der Waals surface area contributed by atoms with E-state index in [2.05, 4.69) is 10.2 Å². The molecule has 2 heterocycles. The van der Waals surface area contributed by atoms with Crippen LogP contribution in [-0.4, -0.2) is 47.4 Å². The predicted octanol–water partition coefficient (Wildman–Crippen LogP) is 4.21. The lowest BCUT2D eigenvalue weighted by Gasteiger charge is -2.38. The number of nitrogens with one attached hydrogen (secondary N) is 1. The van der Waals surface area contributed by atoms with E-state index in [9.17, 15) is 9.59 Å². The zero-order valence-electron chi connectivity index (χ0n) is 16.5. The second-order valence-electron chi connectivity index (χ2n) is 8.54. The van der Waals surface area contributed by atoms with Crippen LogP contribution in [0.2, 0.25) is 0 Å². The van der Waals surface area contributed by atoms with Gasteiger partial charge in [0.1, 0.15) is 0 Å². The Hall–Kier alpha value is -2.04. The molecule has 1 N–H and O–H groups in total. The molecule has 2 aliphatic carbocycles. The van der Waals surface area contributed by atoms with Gasteiger partial charge in [-0.05, 0) is 75.8 Å². The van der Waals surface area contributed by atoms with Gasteiger partial charge in [0.25, 0.3) is 5.91 Å². The molecule has 2 unspecified atom stereocenters. The quantitative estimate of drug-likeness (QED) is 0.864. The highest BCUT2D eigenvalue weighted by Crippen LogP contribution is 2.47. The Bertz CT molecular complexity index is 701. The maximum absolute atomic E-state index is 13.2. The van der Waals surface area contributed by atoms with Crippen LogP contribution in [0.25, 0.3) is 0 Å². The molecule has 0 spiro atoms. The summed E-state index contributed by atoms with van der Waals surface area (Å²) in [6, 6.07) is 7.73. The Labute approximate surface area is 162 Å². The summed E-state index contributed by atoms with van der Waals surface area (Å²) in [6.45, 7) is 6.15. The number of carbonyl (C=O) groups excluding carboxylic acids is 2. The van der Waals surface area contributed by atoms with Crippen LogP contribution in [0.3, 0.4) is 0 Å². The number of anilines is 1. The smallest absolute Gasteiger partial charge is 0.322 e. The van der Waals surface area contributed by atoms with Crippen LogP contribution in [0.1, 0.15) is 56.3 Å². The molecule has 5 nitrogen and oxygen atoms in total. The maximum atomic E-state index is 13.2. The van der Waals surface area contributed by atoms with Crippen molar-refractivity contribution in [2.45, 2.75) is 52.0 Å². The van der Waals surface area contributed by atoms with Gasteiger partial charge >= 0.3 is 6.03 Å². The SMILES string of the molecule is CCN(CC)C(=O)c1ccccc1NC(=O)N1CC2CC3CC(C2)CC1C3. The number of urea groups is 1. The molecule has 4 fully saturated rings. The minimum atomic E-state index is -0.0343. The number of amides is 3. The van der Waals surface area contributed by atoms with Gasteiger partial charge in [0.2, 0.25) is 0 Å². The fourth-order valence-electron chi connectivity index (χ4n) is 5.68. The first-order valence-electron chi connectivity index (χ1n) is 10.5. The van der Waals surface area contributed by atoms with Gasteiger partial charge in [0.05, 0.1) is 11.3 Å². The number of hydrogen-bond acceptors (Lipinski definition) is 2. The van der Waals surface area contributed by atoms with E-state index in [1.54, 1.807) is 4.90 Å². The molecule has 3 amide bonds. The summed E-state index contributed by atoms with van der Waals surface area (Å²) < 4.78 is 0. The Kier molecular flexibility index (Phi) is 5.11. The number of nitrogens with zero attached hydrogens (tertiary/aromatic N) is 2. The summed E-state index contributed by atoms with van der Waals surface area (Å²) in [5.74, 6) is 2.25. The van der Waals surface area contributed by atoms with Crippen molar-refractivity contribution in [3.05, 3.63) is 29.8 Å². The first-order chi connectivity index (χ1) is 13.1. The zero-order valence-corrected chi connectivity index (χ0v) is 16.5. The van der Waals surface area contributed by atoms with Gasteiger partial charge in [-0.2, -0.15) is 0 Å². The third-order valence-electron chi connectivity index (χ3n) is 6.82. The average Bonchev–Trinajstić information content (AvgIpc) is 2.86. The molecule has 2 saturated heterocycles. The standard InChI is InChI=1S/C22H31N3O2/c1-3-24(4-2)21(26)19-7-5-6-8-20(19)23-22(27)25-14-17-10-15-9-16(11-17)13-18(25)12-15/h5-8,15-18H,3-4,9-14H2,1-2H3,(H,23,27). The molecule has 5 heteroatoms. The van der Waals surface area contributed by atoms with Crippen LogP contribution in [0.15, 0.2) is 24.3 Å². The molecular weight excluding hydrogens is 338 g/mol. The van der Waals surface area contributed by atoms with Crippen molar-refractivity contribution in [1.82, 2.24) is 9.80 Å². The molecule has 1 aromatic carbocycles. The predicted molar refractivity (Wildman–Crippen MR) is 107 cm³/mol. The molecule has 0 aromatic heterocycles. The van der Waals surface area contributed by atoms with Crippen molar-refractivity contribution in [2.24, 2.45) is 17.8 Å². The molecule has 2 atom stereocenters. The second kappa shape index (κ2) is 7.53. The fraction of sp³-hybridized carbons (Fsp3) is 0.636. The Morgan fingerprint density at radius 2 is 1.63 bits per heavy atom. The normalized spacial score (nSPS) is 28.7. The summed E-state index contributed by atoms with van der Waals surface area (Å²) >= 11 is 0. The molecule has 2 saturated carbocycles. The molecule has 4 aliphatic rings. The van der Waals surface area contributed by atoms with E-state index in [4.69, 9.17) is 0 Å². The monoisotopic (exact) mass is 369 g/mol. The molecule has 146 valence electrons. The topological polar surface area (TPSA) is 52.7 Å². The lowest BCUT2D eigenvalue weighted by molar-refractivity contribution is 0.0774. The van der Waals surface area contributed by atoms with E-state index in [0.717, 1.165) is 31.2 Å². The highest BCUT2D eigenvalue weighted by Gasteiger charge is 2.44. The number of fused-ring (bicyclic) bond motifs is 1. The van der Waals surface area contributed by atoms with Gasteiger partial charge in [-0.25, -0.2) is 4.79 Å². The number of hydrogen-bond donors (Lipinski definition) is 1. The van der Waals surface area contributed by atoms with Crippen LogP contribution >= 0.6 is 0 Å². The lowest BCUT2D eigenvalue weighted by atomic mass is 9.68. The van der Waals surface area contributed by atoms with Crippen LogP contribution in [0, 0.1) is 17.8 Å². The highest BCUT2D eigenvalue weighted by atomic mass is 16.2. The minimum absolute atomic E-state index is 0.0215. The summed E-state index contributed by atoms with van der Waals surface area (Å²) in [4.78, 5) is 29.9. The van der Waals surface area contributed by atoms with Gasteiger partial charge in [0.15, 0.2) is 0 Å². The third kappa shape index (κ3) is 3.56. The first kappa shape index (κ1) is 18.3. The summed E-state index contributed by atoms with van der Waals surface area (Å²) in [6.07, 6.45) is 6.24. The van der Waals surface area contributed by atoms with Crippen LogP contribution in [-0.2, 0) is 0 Å². The minimum Gasteiger partial charge on any atom is -0.339 e. The fourth-order valence-corrected chi connectivity index (χ4v) is 5.68. The summed E-state index contributed by atoms with van der Waals surface area (Å²) in [5.41, 5.74) is 1.21. The number of benzene rings is 1. The van der Waals surface area contributed by atoms with E-state index in [-0.39, 0.29) is 11.9 Å². The molecule has 1 aromatic rings. The molecule has 0 radical (unpaired) electrons. The van der Waals surface area contributed by atoms with E-state index in [1.807, 2.05) is 38.1 Å². The van der Waals surface area contributed by atoms with E-state index >= 15 is 0 Å². The van der Waals surface area contributed by atoms with Crippen LogP contribution in [0.5, 0.6) is 0 Å². The average molecular weight is 370 g/mol. The molecule has 2 aliphatic heterocycles. The number of rotatable bonds is 4. The van der Waals surface area contributed by atoms with Crippen molar-refractivity contribution in [3.8, 4) is 0 Å². The van der Waals surface area contributed by atoms with Crippen molar-refractivity contribution in [3.63, 3.8) is 0 Å². The Morgan fingerprint density at radius 3 is 2.30 bits per heavy atom. The summed E-state index contributed by atoms with van der Waals surface area (Å²) in [7, 11) is 0. The second-order valence-corrected chi connectivity index (χ2v) is 8.54. The van der Waals surface area contributed by atoms with Crippen LogP contribution in [0.4, 0.5) is 10.5 Å². The van der Waals surface area contributed by atoms with Crippen molar-refractivity contribution < 1.29 is 9.59 Å². The molecule has 27 heavy (non-hydrogen) atoms. The highest BCUT2D eigenvalue weighted by molar-refractivity contribution is 6.03. The van der Waals surface area contributed by atoms with Crippen molar-refractivity contribution in [1.29, 1.82) is 0 Å². The van der Waals surface area contributed by atoms with Gasteiger partial charge in [-0.15, -0.1) is 0 Å². The molecule has 4 bridgehead atoms. The number of carbonyl (C=O) groups is 2. The lowest BCUT2D eigenvalue weighted by Crippen LogP contribution is -2.44. The van der Waals surface area contributed by atoms with E-state index < -0.39 is 0 Å². The number of para-hydroxylation sites is 1. The third-order valence-corrected chi connectivity index (χ3v) is 6.82.